The Balaban J connectivity index is 2.35. The fourth-order valence-electron chi connectivity index (χ4n) is 2.40. The van der Waals surface area contributed by atoms with Gasteiger partial charge >= 0.3 is 0 Å². The lowest BCUT2D eigenvalue weighted by molar-refractivity contribution is 0.327. The molecule has 1 atom stereocenters. The van der Waals surface area contributed by atoms with E-state index in [0.717, 1.165) is 18.1 Å². The fourth-order valence-corrected chi connectivity index (χ4v) is 5.77. The van der Waals surface area contributed by atoms with E-state index >= 15 is 0 Å². The molecule has 1 unspecified atom stereocenters. The molecule has 1 aliphatic carbocycles. The summed E-state index contributed by atoms with van der Waals surface area (Å²) in [5.74, 6) is 0.837. The zero-order valence-corrected chi connectivity index (χ0v) is 10.5. The summed E-state index contributed by atoms with van der Waals surface area (Å²) in [6.45, 7) is 7.75. The normalized spacial score (nSPS) is 21.2. The molecular formula is C11H24OSi. The first kappa shape index (κ1) is 11.3. The second-order valence-corrected chi connectivity index (χ2v) is 7.49. The highest BCUT2D eigenvalue weighted by Crippen LogP contribution is 2.35. The maximum Gasteiger partial charge on any atom is 0.180 e. The Bertz CT molecular complexity index is 130. The van der Waals surface area contributed by atoms with Crippen LogP contribution in [0.15, 0.2) is 0 Å². The summed E-state index contributed by atoms with van der Waals surface area (Å²) >= 11 is 0. The SMILES string of the molecule is CCO[SiH](CC(C)C)C1CCCC1. The van der Waals surface area contributed by atoms with E-state index in [-0.39, 0.29) is 0 Å². The molecule has 0 N–H and O–H groups in total. The van der Waals surface area contributed by atoms with Crippen molar-refractivity contribution in [3.63, 3.8) is 0 Å². The summed E-state index contributed by atoms with van der Waals surface area (Å²) < 4.78 is 5.98. The molecule has 1 saturated carbocycles. The van der Waals surface area contributed by atoms with Crippen molar-refractivity contribution >= 4 is 9.04 Å². The van der Waals surface area contributed by atoms with E-state index in [4.69, 9.17) is 4.43 Å². The minimum atomic E-state index is -0.844. The quantitative estimate of drug-likeness (QED) is 0.618. The third-order valence-corrected chi connectivity index (χ3v) is 6.90. The zero-order valence-electron chi connectivity index (χ0n) is 9.38. The van der Waals surface area contributed by atoms with Crippen molar-refractivity contribution in [2.24, 2.45) is 5.92 Å². The van der Waals surface area contributed by atoms with Crippen LogP contribution in [0.3, 0.4) is 0 Å². The van der Waals surface area contributed by atoms with Crippen LogP contribution in [0.2, 0.25) is 11.6 Å². The Kier molecular flexibility index (Phi) is 5.03. The van der Waals surface area contributed by atoms with Crippen LogP contribution in [0, 0.1) is 5.92 Å². The number of hydrogen-bond acceptors (Lipinski definition) is 1. The van der Waals surface area contributed by atoms with Crippen molar-refractivity contribution in [2.45, 2.75) is 58.0 Å². The van der Waals surface area contributed by atoms with Crippen LogP contribution in [0.4, 0.5) is 0 Å². The minimum absolute atomic E-state index is 0.837. The van der Waals surface area contributed by atoms with Gasteiger partial charge in [-0.25, -0.2) is 0 Å². The molecule has 0 bridgehead atoms. The highest BCUT2D eigenvalue weighted by atomic mass is 28.3. The first-order valence-corrected chi connectivity index (χ1v) is 7.81. The van der Waals surface area contributed by atoms with Gasteiger partial charge in [-0.05, 0) is 24.4 Å². The predicted molar refractivity (Wildman–Crippen MR) is 60.6 cm³/mol. The fraction of sp³-hybridized carbons (Fsp3) is 1.00. The highest BCUT2D eigenvalue weighted by Gasteiger charge is 2.27. The van der Waals surface area contributed by atoms with Crippen LogP contribution >= 0.6 is 0 Å². The van der Waals surface area contributed by atoms with Crippen LogP contribution in [-0.4, -0.2) is 15.6 Å². The third-order valence-electron chi connectivity index (χ3n) is 3.01. The van der Waals surface area contributed by atoms with Crippen molar-refractivity contribution in [3.8, 4) is 0 Å². The highest BCUT2D eigenvalue weighted by molar-refractivity contribution is 6.53. The summed E-state index contributed by atoms with van der Waals surface area (Å²) in [6, 6.07) is 1.39. The smallest absolute Gasteiger partial charge is 0.180 e. The van der Waals surface area contributed by atoms with Gasteiger partial charge in [0.05, 0.1) is 0 Å². The topological polar surface area (TPSA) is 9.23 Å². The van der Waals surface area contributed by atoms with Gasteiger partial charge in [0.15, 0.2) is 9.04 Å². The van der Waals surface area contributed by atoms with Crippen molar-refractivity contribution in [1.82, 2.24) is 0 Å². The first-order valence-electron chi connectivity index (χ1n) is 5.85. The van der Waals surface area contributed by atoms with Crippen LogP contribution < -0.4 is 0 Å². The third kappa shape index (κ3) is 3.82. The Morgan fingerprint density at radius 3 is 2.38 bits per heavy atom. The van der Waals surface area contributed by atoms with Gasteiger partial charge in [0.1, 0.15) is 0 Å². The average molecular weight is 200 g/mol. The van der Waals surface area contributed by atoms with Crippen LogP contribution in [0.25, 0.3) is 0 Å². The molecule has 1 aliphatic rings. The lowest BCUT2D eigenvalue weighted by Gasteiger charge is -2.22. The lowest BCUT2D eigenvalue weighted by atomic mass is 10.3. The molecule has 0 spiro atoms. The first-order chi connectivity index (χ1) is 6.24. The molecule has 1 fully saturated rings. The molecule has 0 aromatic heterocycles. The van der Waals surface area contributed by atoms with Crippen LogP contribution in [0.5, 0.6) is 0 Å². The second kappa shape index (κ2) is 5.81. The Morgan fingerprint density at radius 2 is 1.92 bits per heavy atom. The molecule has 0 aromatic carbocycles. The van der Waals surface area contributed by atoms with E-state index in [0.29, 0.717) is 0 Å². The molecule has 0 saturated heterocycles. The second-order valence-electron chi connectivity index (χ2n) is 4.67. The molecular weight excluding hydrogens is 176 g/mol. The number of hydrogen-bond donors (Lipinski definition) is 0. The van der Waals surface area contributed by atoms with E-state index in [9.17, 15) is 0 Å². The van der Waals surface area contributed by atoms with Gasteiger partial charge in [0.25, 0.3) is 0 Å². The molecule has 0 amide bonds. The Hall–Kier alpha value is 0.177. The lowest BCUT2D eigenvalue weighted by Crippen LogP contribution is -2.25. The molecule has 1 nitrogen and oxygen atoms in total. The summed E-state index contributed by atoms with van der Waals surface area (Å²) in [7, 11) is -0.844. The van der Waals surface area contributed by atoms with E-state index in [1.54, 1.807) is 0 Å². The van der Waals surface area contributed by atoms with Gasteiger partial charge in [-0.15, -0.1) is 0 Å². The van der Waals surface area contributed by atoms with Gasteiger partial charge in [-0.1, -0.05) is 39.5 Å². The van der Waals surface area contributed by atoms with Crippen molar-refractivity contribution in [2.75, 3.05) is 6.61 Å². The van der Waals surface area contributed by atoms with Crippen LogP contribution in [-0.2, 0) is 4.43 Å². The molecule has 0 aromatic rings. The van der Waals surface area contributed by atoms with Crippen molar-refractivity contribution in [3.05, 3.63) is 0 Å². The van der Waals surface area contributed by atoms with E-state index in [2.05, 4.69) is 20.8 Å². The van der Waals surface area contributed by atoms with Crippen molar-refractivity contribution in [1.29, 1.82) is 0 Å². The largest absolute Gasteiger partial charge is 0.420 e. The maximum atomic E-state index is 5.98. The minimum Gasteiger partial charge on any atom is -0.420 e. The van der Waals surface area contributed by atoms with E-state index in [1.165, 1.54) is 31.7 Å². The molecule has 0 radical (unpaired) electrons. The summed E-state index contributed by atoms with van der Waals surface area (Å²) in [5.41, 5.74) is 1.00. The molecule has 1 rings (SSSR count). The van der Waals surface area contributed by atoms with Gasteiger partial charge in [-0.2, -0.15) is 0 Å². The molecule has 0 aliphatic heterocycles. The molecule has 78 valence electrons. The average Bonchev–Trinajstić information content (AvgIpc) is 2.54. The van der Waals surface area contributed by atoms with Crippen molar-refractivity contribution < 1.29 is 4.43 Å². The van der Waals surface area contributed by atoms with Crippen LogP contribution in [0.1, 0.15) is 46.5 Å². The summed E-state index contributed by atoms with van der Waals surface area (Å²) in [6.07, 6.45) is 5.84. The summed E-state index contributed by atoms with van der Waals surface area (Å²) in [5, 5.41) is 0. The van der Waals surface area contributed by atoms with Gasteiger partial charge < -0.3 is 4.43 Å². The Morgan fingerprint density at radius 1 is 1.31 bits per heavy atom. The van der Waals surface area contributed by atoms with Gasteiger partial charge in [0.2, 0.25) is 0 Å². The predicted octanol–water partition coefficient (Wildman–Crippen LogP) is 3.35. The molecule has 13 heavy (non-hydrogen) atoms. The number of rotatable bonds is 5. The Labute approximate surface area is 84.6 Å². The van der Waals surface area contributed by atoms with Gasteiger partial charge in [0, 0.05) is 6.61 Å². The standard InChI is InChI=1S/C11H24OSi/c1-4-12-13(9-10(2)3)11-7-5-6-8-11/h10-11,13H,4-9H2,1-3H3. The maximum absolute atomic E-state index is 5.98. The zero-order chi connectivity index (χ0) is 9.68. The van der Waals surface area contributed by atoms with E-state index in [1.807, 2.05) is 0 Å². The van der Waals surface area contributed by atoms with E-state index < -0.39 is 9.04 Å². The molecule has 2 heteroatoms. The molecule has 0 heterocycles. The monoisotopic (exact) mass is 200 g/mol. The summed E-state index contributed by atoms with van der Waals surface area (Å²) in [4.78, 5) is 0. The van der Waals surface area contributed by atoms with Gasteiger partial charge in [-0.3, -0.25) is 0 Å².